The van der Waals surface area contributed by atoms with Gasteiger partial charge in [0.1, 0.15) is 18.3 Å². The Kier molecular flexibility index (Phi) is 9.53. The van der Waals surface area contributed by atoms with E-state index in [1.165, 1.54) is 0 Å². The fraction of sp³-hybridized carbons (Fsp3) is 0.538. The Hall–Kier alpha value is -0.813. The zero-order chi connectivity index (χ0) is 24.1. The lowest BCUT2D eigenvalue weighted by Crippen LogP contribution is -2.59. The van der Waals surface area contributed by atoms with E-state index in [4.69, 9.17) is 18.6 Å². The first-order valence-electron chi connectivity index (χ1n) is 11.5. The van der Waals surface area contributed by atoms with Crippen molar-refractivity contribution in [1.82, 2.24) is 0 Å². The van der Waals surface area contributed by atoms with Crippen LogP contribution in [0, 0.1) is 0 Å². The van der Waals surface area contributed by atoms with Crippen molar-refractivity contribution in [1.29, 1.82) is 0 Å². The fourth-order valence-corrected chi connectivity index (χ4v) is 5.25. The minimum atomic E-state index is -2.00. The van der Waals surface area contributed by atoms with Crippen LogP contribution in [0.2, 0.25) is 18.1 Å². The molecule has 0 aliphatic carbocycles. The van der Waals surface area contributed by atoms with Crippen molar-refractivity contribution in [2.45, 2.75) is 80.6 Å². The highest BCUT2D eigenvalue weighted by atomic mass is 127. The molecule has 5 atom stereocenters. The summed E-state index contributed by atoms with van der Waals surface area (Å²) in [5.41, 5.74) is 2.16. The topological polar surface area (TPSA) is 57.2 Å². The first kappa shape index (κ1) is 26.8. The van der Waals surface area contributed by atoms with Crippen molar-refractivity contribution in [3.8, 4) is 0 Å². The molecule has 0 saturated carbocycles. The molecule has 1 saturated heterocycles. The van der Waals surface area contributed by atoms with Crippen LogP contribution in [-0.2, 0) is 31.9 Å². The fourth-order valence-electron chi connectivity index (χ4n) is 3.45. The third kappa shape index (κ3) is 7.33. The van der Waals surface area contributed by atoms with E-state index in [9.17, 15) is 5.11 Å². The molecule has 5 nitrogen and oxygen atoms in total. The Bertz CT molecular complexity index is 843. The number of ether oxygens (including phenoxy) is 3. The summed E-state index contributed by atoms with van der Waals surface area (Å²) in [4.78, 5) is 0. The van der Waals surface area contributed by atoms with Gasteiger partial charge in [0.15, 0.2) is 14.6 Å². The SMILES string of the molecule is CC(C)(C)[Si](C)(C)OCC1OC(O)C(I)C(OCc2ccccc2)C1OCc1ccccc1. The van der Waals surface area contributed by atoms with Gasteiger partial charge >= 0.3 is 0 Å². The number of hydrogen-bond acceptors (Lipinski definition) is 5. The first-order valence-corrected chi connectivity index (χ1v) is 15.7. The molecule has 3 rings (SSSR count). The van der Waals surface area contributed by atoms with Gasteiger partial charge in [0.05, 0.1) is 23.7 Å². The summed E-state index contributed by atoms with van der Waals surface area (Å²) in [7, 11) is -2.00. The molecule has 2 aromatic rings. The molecule has 1 heterocycles. The highest BCUT2D eigenvalue weighted by Gasteiger charge is 2.47. The van der Waals surface area contributed by atoms with Gasteiger partial charge in [0.25, 0.3) is 0 Å². The van der Waals surface area contributed by atoms with Crippen molar-refractivity contribution in [2.24, 2.45) is 0 Å². The van der Waals surface area contributed by atoms with Crippen LogP contribution in [0.5, 0.6) is 0 Å². The maximum atomic E-state index is 10.7. The monoisotopic (exact) mass is 584 g/mol. The first-order chi connectivity index (χ1) is 15.6. The van der Waals surface area contributed by atoms with Crippen molar-refractivity contribution in [3.05, 3.63) is 71.8 Å². The highest BCUT2D eigenvalue weighted by molar-refractivity contribution is 14.1. The van der Waals surface area contributed by atoms with Gasteiger partial charge in [-0.3, -0.25) is 0 Å². The maximum absolute atomic E-state index is 10.7. The van der Waals surface area contributed by atoms with E-state index in [1.54, 1.807) is 0 Å². The van der Waals surface area contributed by atoms with Crippen molar-refractivity contribution in [2.75, 3.05) is 6.61 Å². The zero-order valence-electron chi connectivity index (χ0n) is 20.2. The van der Waals surface area contributed by atoms with Crippen LogP contribution >= 0.6 is 22.6 Å². The van der Waals surface area contributed by atoms with Gasteiger partial charge in [-0.2, -0.15) is 0 Å². The number of aliphatic hydroxyl groups excluding tert-OH is 1. The van der Waals surface area contributed by atoms with Crippen molar-refractivity contribution >= 4 is 30.9 Å². The van der Waals surface area contributed by atoms with E-state index < -0.39 is 20.7 Å². The lowest BCUT2D eigenvalue weighted by atomic mass is 10.0. The number of alkyl halides is 1. The minimum absolute atomic E-state index is 0.0791. The van der Waals surface area contributed by atoms with Crippen LogP contribution in [0.25, 0.3) is 0 Å². The van der Waals surface area contributed by atoms with Gasteiger partial charge in [0.2, 0.25) is 0 Å². The van der Waals surface area contributed by atoms with Gasteiger partial charge in [-0.15, -0.1) is 0 Å². The molecule has 1 aliphatic heterocycles. The quantitative estimate of drug-likeness (QED) is 0.233. The summed E-state index contributed by atoms with van der Waals surface area (Å²) in [5.74, 6) is 0. The standard InChI is InChI=1S/C26H37IO5Si/c1-26(2,3)33(4,5)31-18-21-23(29-16-19-12-8-6-9-13-19)24(22(27)25(28)32-21)30-17-20-14-10-7-11-15-20/h6-15,21-25,28H,16-18H2,1-5H3. The molecule has 1 aliphatic rings. The highest BCUT2D eigenvalue weighted by Crippen LogP contribution is 2.38. The number of halogens is 1. The number of aliphatic hydroxyl groups is 1. The third-order valence-electron chi connectivity index (χ3n) is 6.58. The molecule has 0 bridgehead atoms. The maximum Gasteiger partial charge on any atom is 0.192 e. The third-order valence-corrected chi connectivity index (χ3v) is 12.4. The molecule has 0 amide bonds. The molecular formula is C26H37IO5Si. The Labute approximate surface area is 213 Å². The van der Waals surface area contributed by atoms with Gasteiger partial charge in [0, 0.05) is 0 Å². The molecule has 1 N–H and O–H groups in total. The number of hydrogen-bond donors (Lipinski definition) is 1. The molecular weight excluding hydrogens is 547 g/mol. The van der Waals surface area contributed by atoms with E-state index >= 15 is 0 Å². The van der Waals surface area contributed by atoms with E-state index in [2.05, 4.69) is 56.5 Å². The molecule has 1 fully saturated rings. The van der Waals surface area contributed by atoms with E-state index in [-0.39, 0.29) is 21.2 Å². The average Bonchev–Trinajstić information content (AvgIpc) is 2.78. The Morgan fingerprint density at radius 3 is 1.85 bits per heavy atom. The van der Waals surface area contributed by atoms with Crippen LogP contribution in [0.15, 0.2) is 60.7 Å². The predicted octanol–water partition coefficient (Wildman–Crippen LogP) is 5.70. The second-order valence-corrected chi connectivity index (χ2v) is 16.4. The summed E-state index contributed by atoms with van der Waals surface area (Å²) in [5, 5.41) is 10.8. The van der Waals surface area contributed by atoms with E-state index in [1.807, 2.05) is 60.7 Å². The summed E-state index contributed by atoms with van der Waals surface area (Å²) < 4.78 is 25.0. The van der Waals surface area contributed by atoms with Crippen molar-refractivity contribution < 1.29 is 23.7 Å². The lowest BCUT2D eigenvalue weighted by Gasteiger charge is -2.44. The Balaban J connectivity index is 1.78. The van der Waals surface area contributed by atoms with E-state index in [0.717, 1.165) is 11.1 Å². The molecule has 33 heavy (non-hydrogen) atoms. The summed E-state index contributed by atoms with van der Waals surface area (Å²) >= 11 is 2.21. The smallest absolute Gasteiger partial charge is 0.192 e. The second kappa shape index (κ2) is 11.7. The van der Waals surface area contributed by atoms with Crippen LogP contribution in [0.1, 0.15) is 31.9 Å². The van der Waals surface area contributed by atoms with Gasteiger partial charge in [-0.1, -0.05) is 104 Å². The predicted molar refractivity (Wildman–Crippen MR) is 142 cm³/mol. The molecule has 0 spiro atoms. The number of benzene rings is 2. The molecule has 182 valence electrons. The molecule has 5 unspecified atom stereocenters. The summed E-state index contributed by atoms with van der Waals surface area (Å²) in [6.45, 7) is 12.3. The van der Waals surface area contributed by atoms with Crippen molar-refractivity contribution in [3.63, 3.8) is 0 Å². The van der Waals surface area contributed by atoms with Crippen LogP contribution in [0.3, 0.4) is 0 Å². The second-order valence-electron chi connectivity index (χ2n) is 10.1. The van der Waals surface area contributed by atoms with Crippen LogP contribution in [-0.4, -0.2) is 48.6 Å². The Morgan fingerprint density at radius 2 is 1.36 bits per heavy atom. The lowest BCUT2D eigenvalue weighted by molar-refractivity contribution is -0.254. The largest absolute Gasteiger partial charge is 0.414 e. The average molecular weight is 585 g/mol. The molecule has 0 radical (unpaired) electrons. The summed E-state index contributed by atoms with van der Waals surface area (Å²) in [6.07, 6.45) is -2.09. The van der Waals surface area contributed by atoms with Gasteiger partial charge < -0.3 is 23.7 Å². The molecule has 0 aromatic heterocycles. The van der Waals surface area contributed by atoms with E-state index in [0.29, 0.717) is 19.8 Å². The number of rotatable bonds is 9. The van der Waals surface area contributed by atoms with Gasteiger partial charge in [-0.05, 0) is 29.3 Å². The van der Waals surface area contributed by atoms with Gasteiger partial charge in [-0.25, -0.2) is 0 Å². The normalized spacial score (nSPS) is 26.3. The Morgan fingerprint density at radius 1 is 0.879 bits per heavy atom. The molecule has 2 aromatic carbocycles. The minimum Gasteiger partial charge on any atom is -0.414 e. The zero-order valence-corrected chi connectivity index (χ0v) is 23.4. The summed E-state index contributed by atoms with van der Waals surface area (Å²) in [6, 6.07) is 20.1. The van der Waals surface area contributed by atoms with Crippen LogP contribution in [0.4, 0.5) is 0 Å². The van der Waals surface area contributed by atoms with Crippen LogP contribution < -0.4 is 0 Å². The molecule has 7 heteroatoms.